The van der Waals surface area contributed by atoms with Crippen LogP contribution in [-0.2, 0) is 4.79 Å². The van der Waals surface area contributed by atoms with Gasteiger partial charge in [-0.25, -0.2) is 4.79 Å². The summed E-state index contributed by atoms with van der Waals surface area (Å²) in [5.41, 5.74) is 0.404. The van der Waals surface area contributed by atoms with Gasteiger partial charge in [0, 0.05) is 18.8 Å². The topological polar surface area (TPSA) is 78.9 Å². The number of rotatable bonds is 4. The zero-order chi connectivity index (χ0) is 19.6. The number of alkyl halides is 3. The van der Waals surface area contributed by atoms with Crippen LogP contribution in [0, 0.1) is 11.8 Å². The number of ether oxygens (including phenoxy) is 1. The molecule has 3 rings (SSSR count). The average molecular weight is 386 g/mol. The van der Waals surface area contributed by atoms with E-state index < -0.39 is 43.1 Å². The zero-order valence-corrected chi connectivity index (χ0v) is 14.5. The number of halogens is 3. The maximum Gasteiger partial charge on any atom is 0.394 e. The molecule has 9 heteroatoms. The van der Waals surface area contributed by atoms with E-state index in [9.17, 15) is 22.8 Å². The second-order valence-corrected chi connectivity index (χ2v) is 6.98. The highest BCUT2D eigenvalue weighted by Gasteiger charge is 2.53. The lowest BCUT2D eigenvalue weighted by molar-refractivity contribution is -0.187. The Morgan fingerprint density at radius 3 is 2.26 bits per heavy atom. The van der Waals surface area contributed by atoms with Gasteiger partial charge < -0.3 is 20.1 Å². The number of urea groups is 1. The smallest absolute Gasteiger partial charge is 0.394 e. The van der Waals surface area contributed by atoms with E-state index in [0.29, 0.717) is 11.4 Å². The summed E-state index contributed by atoms with van der Waals surface area (Å²) in [5, 5.41) is 11.5. The molecule has 1 aromatic rings. The van der Waals surface area contributed by atoms with Gasteiger partial charge >= 0.3 is 18.2 Å². The predicted molar refractivity (Wildman–Crippen MR) is 90.6 cm³/mol. The molecule has 0 spiro atoms. The van der Waals surface area contributed by atoms with E-state index in [0.717, 1.165) is 30.6 Å². The first kappa shape index (κ1) is 19.3. The second-order valence-electron chi connectivity index (χ2n) is 6.98. The van der Waals surface area contributed by atoms with Gasteiger partial charge in [0.05, 0.1) is 17.9 Å². The van der Waals surface area contributed by atoms with Crippen molar-refractivity contribution in [3.63, 3.8) is 0 Å². The molecule has 2 aliphatic rings. The maximum absolute atomic E-state index is 13.0. The summed E-state index contributed by atoms with van der Waals surface area (Å²) >= 11 is 0. The van der Waals surface area contributed by atoms with Crippen molar-refractivity contribution in [3.8, 4) is 5.75 Å². The number of likely N-dealkylation sites (tertiary alicyclic amines) is 1. The van der Waals surface area contributed by atoms with Crippen LogP contribution < -0.4 is 10.1 Å². The number of amides is 2. The number of carbonyl (C=O) groups is 2. The number of benzene rings is 1. The largest absolute Gasteiger partial charge is 0.490 e. The quantitative estimate of drug-likeness (QED) is 0.826. The van der Waals surface area contributed by atoms with Crippen LogP contribution >= 0.6 is 0 Å². The van der Waals surface area contributed by atoms with Gasteiger partial charge in [-0.2, -0.15) is 13.2 Å². The highest BCUT2D eigenvalue weighted by atomic mass is 19.4. The third-order valence-electron chi connectivity index (χ3n) is 5.06. The Hall–Kier alpha value is -2.45. The van der Waals surface area contributed by atoms with Crippen LogP contribution in [-0.4, -0.2) is 47.4 Å². The first-order chi connectivity index (χ1) is 12.7. The van der Waals surface area contributed by atoms with Gasteiger partial charge in [-0.3, -0.25) is 4.79 Å². The van der Waals surface area contributed by atoms with Gasteiger partial charge in [-0.05, 0) is 49.9 Å². The van der Waals surface area contributed by atoms with Crippen molar-refractivity contribution in [2.45, 2.75) is 38.0 Å². The van der Waals surface area contributed by atoms with E-state index in [1.54, 1.807) is 24.3 Å². The molecule has 1 heterocycles. The first-order valence-electron chi connectivity index (χ1n) is 8.86. The molecule has 148 valence electrons. The molecule has 27 heavy (non-hydrogen) atoms. The van der Waals surface area contributed by atoms with Crippen molar-refractivity contribution in [2.75, 3.05) is 18.4 Å². The van der Waals surface area contributed by atoms with E-state index in [2.05, 4.69) is 5.32 Å². The van der Waals surface area contributed by atoms with E-state index >= 15 is 0 Å². The maximum atomic E-state index is 13.0. The molecule has 0 aromatic heterocycles. The molecule has 1 saturated carbocycles. The fourth-order valence-corrected chi connectivity index (χ4v) is 3.57. The van der Waals surface area contributed by atoms with E-state index in [4.69, 9.17) is 9.84 Å². The Morgan fingerprint density at radius 1 is 1.11 bits per heavy atom. The van der Waals surface area contributed by atoms with Gasteiger partial charge in [0.2, 0.25) is 0 Å². The molecule has 1 aromatic carbocycles. The Bertz CT molecular complexity index is 687. The minimum absolute atomic E-state index is 0.197. The molecule has 1 saturated heterocycles. The molecular formula is C18H21F3N2O4. The van der Waals surface area contributed by atoms with Crippen molar-refractivity contribution in [3.05, 3.63) is 24.3 Å². The molecule has 2 fully saturated rings. The third-order valence-corrected chi connectivity index (χ3v) is 5.06. The molecule has 6 nitrogen and oxygen atoms in total. The Labute approximate surface area is 154 Å². The zero-order valence-electron chi connectivity index (χ0n) is 14.5. The number of nitrogens with one attached hydrogen (secondary N) is 1. The van der Waals surface area contributed by atoms with Crippen LogP contribution in [0.1, 0.15) is 25.7 Å². The highest BCUT2D eigenvalue weighted by Crippen LogP contribution is 2.38. The standard InChI is InChI=1S/C18H21F3N2O4/c19-18(20,21)15-10-23(9-14(15)16(24)25)17(26)22-11-5-7-13(8-6-11)27-12-3-1-2-4-12/h5-8,12,14-15H,1-4,9-10H2,(H,22,26)(H,24,25)/t14-,15-/m1/s1. The van der Waals surface area contributed by atoms with Gasteiger partial charge in [0.25, 0.3) is 0 Å². The van der Waals surface area contributed by atoms with Crippen molar-refractivity contribution in [2.24, 2.45) is 11.8 Å². The molecule has 2 amide bonds. The van der Waals surface area contributed by atoms with E-state index in [1.807, 2.05) is 0 Å². The fourth-order valence-electron chi connectivity index (χ4n) is 3.57. The summed E-state index contributed by atoms with van der Waals surface area (Å²) in [6.45, 7) is -1.15. The lowest BCUT2D eigenvalue weighted by atomic mass is 9.96. The number of carbonyl (C=O) groups excluding carboxylic acids is 1. The van der Waals surface area contributed by atoms with Crippen molar-refractivity contribution in [1.82, 2.24) is 4.90 Å². The minimum Gasteiger partial charge on any atom is -0.490 e. The van der Waals surface area contributed by atoms with Crippen LogP contribution in [0.2, 0.25) is 0 Å². The molecular weight excluding hydrogens is 365 g/mol. The molecule has 2 atom stereocenters. The number of carboxylic acid groups (broad SMARTS) is 1. The van der Waals surface area contributed by atoms with E-state index in [-0.39, 0.29) is 6.10 Å². The van der Waals surface area contributed by atoms with Crippen LogP contribution in [0.4, 0.5) is 23.7 Å². The SMILES string of the molecule is O=C(O)[C@@H]1CN(C(=O)Nc2ccc(OC3CCCC3)cc2)C[C@H]1C(F)(F)F. The Kier molecular flexibility index (Phi) is 5.48. The molecule has 0 bridgehead atoms. The number of hydrogen-bond acceptors (Lipinski definition) is 3. The Morgan fingerprint density at radius 2 is 1.74 bits per heavy atom. The van der Waals surface area contributed by atoms with Crippen LogP contribution in [0.5, 0.6) is 5.75 Å². The first-order valence-corrected chi connectivity index (χ1v) is 8.86. The lowest BCUT2D eigenvalue weighted by Gasteiger charge is -2.19. The van der Waals surface area contributed by atoms with E-state index in [1.165, 1.54) is 0 Å². The lowest BCUT2D eigenvalue weighted by Crippen LogP contribution is -2.35. The summed E-state index contributed by atoms with van der Waals surface area (Å²) in [6.07, 6.45) is -0.160. The molecule has 2 N–H and O–H groups in total. The second kappa shape index (κ2) is 7.66. The summed E-state index contributed by atoms with van der Waals surface area (Å²) in [6, 6.07) is 5.84. The third kappa shape index (κ3) is 4.64. The highest BCUT2D eigenvalue weighted by molar-refractivity contribution is 5.90. The van der Waals surface area contributed by atoms with Crippen molar-refractivity contribution < 1.29 is 32.6 Å². The Balaban J connectivity index is 1.59. The van der Waals surface area contributed by atoms with Crippen molar-refractivity contribution >= 4 is 17.7 Å². The number of hydrogen-bond donors (Lipinski definition) is 2. The average Bonchev–Trinajstić information content (AvgIpc) is 3.25. The fraction of sp³-hybridized carbons (Fsp3) is 0.556. The molecule has 1 aliphatic heterocycles. The summed E-state index contributed by atoms with van der Waals surface area (Å²) in [4.78, 5) is 24.2. The van der Waals surface area contributed by atoms with Gasteiger partial charge in [-0.1, -0.05) is 0 Å². The van der Waals surface area contributed by atoms with Crippen LogP contribution in [0.15, 0.2) is 24.3 Å². The van der Waals surface area contributed by atoms with Crippen LogP contribution in [0.3, 0.4) is 0 Å². The van der Waals surface area contributed by atoms with Gasteiger partial charge in [-0.15, -0.1) is 0 Å². The summed E-state index contributed by atoms with van der Waals surface area (Å²) in [5.74, 6) is -4.61. The number of aliphatic carboxylic acids is 1. The molecule has 0 unspecified atom stereocenters. The molecule has 1 aliphatic carbocycles. The number of nitrogens with zero attached hydrogens (tertiary/aromatic N) is 1. The summed E-state index contributed by atoms with van der Waals surface area (Å²) < 4.78 is 44.8. The minimum atomic E-state index is -4.67. The van der Waals surface area contributed by atoms with Crippen LogP contribution in [0.25, 0.3) is 0 Å². The summed E-state index contributed by atoms with van der Waals surface area (Å²) in [7, 11) is 0. The van der Waals surface area contributed by atoms with Gasteiger partial charge in [0.1, 0.15) is 5.75 Å². The normalized spacial score (nSPS) is 23.4. The number of anilines is 1. The van der Waals surface area contributed by atoms with Crippen molar-refractivity contribution in [1.29, 1.82) is 0 Å². The molecule has 0 radical (unpaired) electrons. The monoisotopic (exact) mass is 386 g/mol. The predicted octanol–water partition coefficient (Wildman–Crippen LogP) is 3.73. The number of carboxylic acids is 1. The van der Waals surface area contributed by atoms with Gasteiger partial charge in [0.15, 0.2) is 0 Å².